The molecule has 0 atom stereocenters. The van der Waals surface area contributed by atoms with Crippen LogP contribution in [0.3, 0.4) is 0 Å². The van der Waals surface area contributed by atoms with E-state index in [9.17, 15) is 0 Å². The molecule has 274 valence electrons. The van der Waals surface area contributed by atoms with Gasteiger partial charge in [0.2, 0.25) is 0 Å². The van der Waals surface area contributed by atoms with E-state index in [1.807, 2.05) is 0 Å². The topological polar surface area (TPSA) is 3.24 Å². The second-order valence-corrected chi connectivity index (χ2v) is 22.9. The number of hydrogen-bond donors (Lipinski definition) is 0. The molecule has 3 heterocycles. The highest BCUT2D eigenvalue weighted by molar-refractivity contribution is 7.24. The number of nitrogens with zero attached hydrogens (tertiary/aromatic N) is 1. The molecular weight excluding hydrogens is 703 g/mol. The molecule has 4 saturated carbocycles. The highest BCUT2D eigenvalue weighted by atomic mass is 28.3. The first kappa shape index (κ1) is 31.6. The normalized spacial score (nSPS) is 26.0. The van der Waals surface area contributed by atoms with Crippen molar-refractivity contribution in [2.24, 2.45) is 23.7 Å². The minimum atomic E-state index is -2.60. The Kier molecular flexibility index (Phi) is 5.84. The number of benzene rings is 7. The number of fused-ring (bicyclic) bond motifs is 15. The number of para-hydroxylation sites is 1. The van der Waals surface area contributed by atoms with Gasteiger partial charge in [-0.05, 0) is 162 Å². The molecule has 7 aromatic carbocycles. The van der Waals surface area contributed by atoms with Gasteiger partial charge in [-0.1, -0.05) is 135 Å². The molecule has 0 N–H and O–H groups in total. The van der Waals surface area contributed by atoms with E-state index in [1.54, 1.807) is 31.9 Å². The summed E-state index contributed by atoms with van der Waals surface area (Å²) in [7, 11) is -2.60. The second-order valence-electron chi connectivity index (χ2n) is 19.2. The van der Waals surface area contributed by atoms with E-state index in [0.717, 1.165) is 11.8 Å². The Morgan fingerprint density at radius 1 is 0.421 bits per heavy atom. The Morgan fingerprint density at radius 2 is 0.947 bits per heavy atom. The number of anilines is 3. The summed E-state index contributed by atoms with van der Waals surface area (Å²) in [6.07, 6.45) is 6.98. The molecule has 0 aromatic heterocycles. The van der Waals surface area contributed by atoms with Crippen molar-refractivity contribution in [2.45, 2.75) is 56.8 Å². The predicted octanol–water partition coefficient (Wildman–Crippen LogP) is 10.9. The molecule has 8 aliphatic rings. The quantitative estimate of drug-likeness (QED) is 0.151. The minimum absolute atomic E-state index is 0.0405. The van der Waals surface area contributed by atoms with Gasteiger partial charge in [-0.3, -0.25) is 0 Å². The van der Waals surface area contributed by atoms with Crippen molar-refractivity contribution in [3.63, 3.8) is 0 Å². The van der Waals surface area contributed by atoms with Gasteiger partial charge >= 0.3 is 0 Å². The van der Waals surface area contributed by atoms with Gasteiger partial charge in [-0.2, -0.15) is 0 Å². The van der Waals surface area contributed by atoms with Gasteiger partial charge in [-0.15, -0.1) is 0 Å². The standard InChI is InChI=1S/C55H45NSi/c1-54(2)44-17-7-3-13-38(44)43-31-47-49(32-46(43)54)56(48-19-9-8-18-45(48)55(47)35-26-33-25-34(28-35)29-36(55)27-33)37-23-24-42-41-16-6-12-22-52(41)57(53(42)30-37)50-20-10-4-14-39(50)40-15-5-11-21-51(40)57/h3-24,30-36H,25-29H2,1-2H3. The Hall–Kier alpha value is -5.44. The van der Waals surface area contributed by atoms with Crippen LogP contribution in [0.1, 0.15) is 68.2 Å². The van der Waals surface area contributed by atoms with Gasteiger partial charge in [0.1, 0.15) is 0 Å². The van der Waals surface area contributed by atoms with Crippen molar-refractivity contribution >= 4 is 45.9 Å². The first-order valence-corrected chi connectivity index (χ1v) is 23.6. The molecular formula is C55H45NSi. The summed E-state index contributed by atoms with van der Waals surface area (Å²) in [5.41, 5.74) is 18.8. The summed E-state index contributed by atoms with van der Waals surface area (Å²) < 4.78 is 0. The van der Waals surface area contributed by atoms with Gasteiger partial charge in [-0.25, -0.2) is 0 Å². The number of hydrogen-bond acceptors (Lipinski definition) is 1. The fourth-order valence-corrected chi connectivity index (χ4v) is 20.5. The Bertz CT molecular complexity index is 2840. The third-order valence-corrected chi connectivity index (χ3v) is 21.6. The van der Waals surface area contributed by atoms with Crippen LogP contribution in [0.4, 0.5) is 17.1 Å². The fourth-order valence-electron chi connectivity index (χ4n) is 14.9. The molecule has 3 aliphatic heterocycles. The van der Waals surface area contributed by atoms with E-state index >= 15 is 0 Å². The van der Waals surface area contributed by atoms with Crippen molar-refractivity contribution in [2.75, 3.05) is 4.90 Å². The zero-order valence-corrected chi connectivity index (χ0v) is 33.7. The van der Waals surface area contributed by atoms with Crippen molar-refractivity contribution in [1.29, 1.82) is 0 Å². The summed E-state index contributed by atoms with van der Waals surface area (Å²) in [6.45, 7) is 4.92. The van der Waals surface area contributed by atoms with Gasteiger partial charge < -0.3 is 4.90 Å². The summed E-state index contributed by atoms with van der Waals surface area (Å²) >= 11 is 0. The summed E-state index contributed by atoms with van der Waals surface area (Å²) in [5, 5.41) is 6.16. The molecule has 2 spiro atoms. The molecule has 4 bridgehead atoms. The molecule has 15 rings (SSSR count). The van der Waals surface area contributed by atoms with Crippen molar-refractivity contribution in [3.05, 3.63) is 174 Å². The molecule has 1 nitrogen and oxygen atoms in total. The molecule has 7 aromatic rings. The van der Waals surface area contributed by atoms with E-state index in [2.05, 4.69) is 170 Å². The van der Waals surface area contributed by atoms with Crippen LogP contribution < -0.4 is 25.6 Å². The average Bonchev–Trinajstić information content (AvgIpc) is 3.80. The largest absolute Gasteiger partial charge is 0.310 e. The SMILES string of the molecule is CC1(C)c2ccccc2-c2cc3c(cc21)N(c1ccc2c(c1)[Si]1(c4ccccc4-c4ccccc41)c1ccccc1-2)c1ccccc1C31C2CC3CC(C2)CC1C3. The highest BCUT2D eigenvalue weighted by Crippen LogP contribution is 2.70. The Morgan fingerprint density at radius 3 is 1.58 bits per heavy atom. The molecule has 0 unspecified atom stereocenters. The average molecular weight is 748 g/mol. The van der Waals surface area contributed by atoms with Crippen molar-refractivity contribution < 1.29 is 0 Å². The Balaban J connectivity index is 1.07. The smallest absolute Gasteiger partial charge is 0.182 e. The van der Waals surface area contributed by atoms with Gasteiger partial charge in [0.15, 0.2) is 8.07 Å². The molecule has 0 amide bonds. The van der Waals surface area contributed by atoms with Crippen LogP contribution in [0.15, 0.2) is 152 Å². The zero-order chi connectivity index (χ0) is 37.4. The summed E-state index contributed by atoms with van der Waals surface area (Å²) in [5.74, 6) is 3.18. The van der Waals surface area contributed by atoms with Crippen molar-refractivity contribution in [1.82, 2.24) is 0 Å². The third-order valence-electron chi connectivity index (χ3n) is 16.6. The van der Waals surface area contributed by atoms with E-state index in [1.165, 1.54) is 93.7 Å². The first-order valence-electron chi connectivity index (χ1n) is 21.6. The first-order chi connectivity index (χ1) is 28.0. The van der Waals surface area contributed by atoms with Crippen LogP contribution in [-0.2, 0) is 10.8 Å². The number of rotatable bonds is 1. The van der Waals surface area contributed by atoms with Crippen LogP contribution in [0, 0.1) is 23.7 Å². The van der Waals surface area contributed by atoms with E-state index in [4.69, 9.17) is 0 Å². The van der Waals surface area contributed by atoms with Gasteiger partial charge in [0.05, 0.1) is 11.4 Å². The lowest BCUT2D eigenvalue weighted by Gasteiger charge is -2.64. The zero-order valence-electron chi connectivity index (χ0n) is 32.7. The highest BCUT2D eigenvalue weighted by Gasteiger charge is 2.62. The van der Waals surface area contributed by atoms with Crippen molar-refractivity contribution in [3.8, 4) is 33.4 Å². The van der Waals surface area contributed by atoms with E-state index in [-0.39, 0.29) is 10.8 Å². The summed E-state index contributed by atoms with van der Waals surface area (Å²) in [4.78, 5) is 2.73. The lowest BCUT2D eigenvalue weighted by molar-refractivity contribution is -0.0419. The molecule has 0 radical (unpaired) electrons. The molecule has 2 heteroatoms. The van der Waals surface area contributed by atoms with Crippen LogP contribution in [-0.4, -0.2) is 8.07 Å². The van der Waals surface area contributed by atoms with Crippen LogP contribution in [0.2, 0.25) is 0 Å². The predicted molar refractivity (Wildman–Crippen MR) is 238 cm³/mol. The van der Waals surface area contributed by atoms with Crippen LogP contribution >= 0.6 is 0 Å². The maximum atomic E-state index is 2.74. The maximum absolute atomic E-state index is 2.74. The molecule has 5 aliphatic carbocycles. The molecule has 57 heavy (non-hydrogen) atoms. The van der Waals surface area contributed by atoms with Gasteiger partial charge in [0.25, 0.3) is 0 Å². The van der Waals surface area contributed by atoms with E-state index in [0.29, 0.717) is 11.8 Å². The second kappa shape index (κ2) is 10.5. The third kappa shape index (κ3) is 3.58. The Labute approximate surface area is 337 Å². The van der Waals surface area contributed by atoms with Gasteiger partial charge in [0, 0.05) is 16.5 Å². The van der Waals surface area contributed by atoms with Crippen LogP contribution in [0.5, 0.6) is 0 Å². The molecule has 4 fully saturated rings. The summed E-state index contributed by atoms with van der Waals surface area (Å²) in [6, 6.07) is 60.2. The minimum Gasteiger partial charge on any atom is -0.310 e. The lowest BCUT2D eigenvalue weighted by Crippen LogP contribution is -2.70. The van der Waals surface area contributed by atoms with Crippen LogP contribution in [0.25, 0.3) is 33.4 Å². The lowest BCUT2D eigenvalue weighted by atomic mass is 9.41. The fraction of sp³-hybridized carbons (Fsp3) is 0.236. The maximum Gasteiger partial charge on any atom is 0.182 e. The molecule has 0 saturated heterocycles. The monoisotopic (exact) mass is 747 g/mol. The van der Waals surface area contributed by atoms with E-state index < -0.39 is 8.07 Å².